The quantitative estimate of drug-likeness (QED) is 0.491. The van der Waals surface area contributed by atoms with Crippen molar-refractivity contribution in [3.63, 3.8) is 0 Å². The van der Waals surface area contributed by atoms with E-state index in [0.717, 1.165) is 46.8 Å². The topological polar surface area (TPSA) is 48.4 Å². The van der Waals surface area contributed by atoms with E-state index in [1.165, 1.54) is 11.3 Å². The number of carbonyl (C=O) groups excluding carboxylic acids is 1. The number of thiazole rings is 1. The molecule has 4 rings (SSSR count). The highest BCUT2D eigenvalue weighted by molar-refractivity contribution is 7.13. The Kier molecular flexibility index (Phi) is 5.38. The lowest BCUT2D eigenvalue weighted by atomic mass is 9.64. The lowest BCUT2D eigenvalue weighted by molar-refractivity contribution is -0.156. The van der Waals surface area contributed by atoms with Gasteiger partial charge in [-0.2, -0.15) is 0 Å². The van der Waals surface area contributed by atoms with Gasteiger partial charge >= 0.3 is 5.97 Å². The fourth-order valence-electron chi connectivity index (χ4n) is 3.43. The van der Waals surface area contributed by atoms with Gasteiger partial charge in [0.05, 0.1) is 18.2 Å². The second kappa shape index (κ2) is 7.94. The van der Waals surface area contributed by atoms with Gasteiger partial charge in [-0.1, -0.05) is 30.2 Å². The normalized spacial score (nSPS) is 14.9. The third-order valence-corrected chi connectivity index (χ3v) is 6.43. The number of hydrogen-bond acceptors (Lipinski definition) is 5. The summed E-state index contributed by atoms with van der Waals surface area (Å²) in [6, 6.07) is 15.2. The number of halogens is 1. The van der Waals surface area contributed by atoms with Gasteiger partial charge in [-0.3, -0.25) is 4.79 Å². The first-order valence-corrected chi connectivity index (χ1v) is 10.4. The lowest BCUT2D eigenvalue weighted by Crippen LogP contribution is -2.43. The van der Waals surface area contributed by atoms with E-state index in [9.17, 15) is 4.79 Å². The number of nitrogens with zero attached hydrogens (tertiary/aromatic N) is 1. The van der Waals surface area contributed by atoms with Gasteiger partial charge in [0.2, 0.25) is 0 Å². The van der Waals surface area contributed by atoms with E-state index in [2.05, 4.69) is 4.98 Å². The number of aromatic nitrogens is 1. The molecule has 4 nitrogen and oxygen atoms in total. The number of benzene rings is 2. The molecule has 1 aromatic heterocycles. The van der Waals surface area contributed by atoms with Gasteiger partial charge in [0, 0.05) is 16.0 Å². The van der Waals surface area contributed by atoms with E-state index in [1.807, 2.05) is 53.9 Å². The summed E-state index contributed by atoms with van der Waals surface area (Å²) in [5, 5.41) is 3.49. The molecule has 0 aliphatic heterocycles. The predicted molar refractivity (Wildman–Crippen MR) is 111 cm³/mol. The average Bonchev–Trinajstić information content (AvgIpc) is 3.16. The SMILES string of the molecule is COc1ccc(-c2nc(COC(=O)C3(c4ccc(Cl)cc4)CCC3)cs2)cc1. The molecule has 28 heavy (non-hydrogen) atoms. The Labute approximate surface area is 173 Å². The number of methoxy groups -OCH3 is 1. The minimum atomic E-state index is -0.542. The predicted octanol–water partition coefficient (Wildman–Crippen LogP) is 5.64. The minimum Gasteiger partial charge on any atom is -0.497 e. The van der Waals surface area contributed by atoms with E-state index in [4.69, 9.17) is 21.1 Å². The van der Waals surface area contributed by atoms with Crippen molar-refractivity contribution in [3.05, 3.63) is 70.2 Å². The molecule has 0 amide bonds. The Morgan fingerprint density at radius 2 is 1.86 bits per heavy atom. The zero-order valence-electron chi connectivity index (χ0n) is 15.5. The van der Waals surface area contributed by atoms with E-state index in [0.29, 0.717) is 5.02 Å². The maximum atomic E-state index is 12.9. The van der Waals surface area contributed by atoms with Gasteiger partial charge in [-0.25, -0.2) is 4.98 Å². The zero-order chi connectivity index (χ0) is 19.6. The molecule has 0 spiro atoms. The maximum Gasteiger partial charge on any atom is 0.316 e. The number of hydrogen-bond donors (Lipinski definition) is 0. The second-order valence-corrected chi connectivity index (χ2v) is 8.19. The van der Waals surface area contributed by atoms with Crippen molar-refractivity contribution in [1.29, 1.82) is 0 Å². The van der Waals surface area contributed by atoms with Gasteiger partial charge < -0.3 is 9.47 Å². The Morgan fingerprint density at radius 1 is 1.14 bits per heavy atom. The van der Waals surface area contributed by atoms with Crippen LogP contribution in [0.5, 0.6) is 5.75 Å². The first-order chi connectivity index (χ1) is 13.6. The van der Waals surface area contributed by atoms with Crippen LogP contribution in [-0.4, -0.2) is 18.1 Å². The summed E-state index contributed by atoms with van der Waals surface area (Å²) in [6.45, 7) is 0.181. The summed E-state index contributed by atoms with van der Waals surface area (Å²) in [5.74, 6) is 0.627. The molecule has 144 valence electrons. The molecule has 1 heterocycles. The van der Waals surface area contributed by atoms with E-state index in [-0.39, 0.29) is 12.6 Å². The smallest absolute Gasteiger partial charge is 0.316 e. The zero-order valence-corrected chi connectivity index (χ0v) is 17.1. The van der Waals surface area contributed by atoms with Crippen LogP contribution in [0.1, 0.15) is 30.5 Å². The summed E-state index contributed by atoms with van der Waals surface area (Å²) in [5.41, 5.74) is 2.21. The molecule has 1 saturated carbocycles. The van der Waals surface area contributed by atoms with Crippen LogP contribution in [0.25, 0.3) is 10.6 Å². The molecular weight excluding hydrogens is 394 g/mol. The molecule has 1 aliphatic carbocycles. The van der Waals surface area contributed by atoms with Crippen LogP contribution in [-0.2, 0) is 21.6 Å². The van der Waals surface area contributed by atoms with Crippen LogP contribution >= 0.6 is 22.9 Å². The molecule has 0 atom stereocenters. The van der Waals surface area contributed by atoms with Gasteiger partial charge in [-0.05, 0) is 54.8 Å². The summed E-state index contributed by atoms with van der Waals surface area (Å²) < 4.78 is 10.8. The highest BCUT2D eigenvalue weighted by Gasteiger charge is 2.47. The summed E-state index contributed by atoms with van der Waals surface area (Å²) in [4.78, 5) is 17.5. The first-order valence-electron chi connectivity index (χ1n) is 9.13. The standard InChI is InChI=1S/C22H20ClNO3S/c1-26-19-9-3-15(4-10-19)20-24-18(14-28-20)13-27-21(25)22(11-2-12-22)16-5-7-17(23)8-6-16/h3-10,14H,2,11-13H2,1H3. The second-order valence-electron chi connectivity index (χ2n) is 6.89. The molecular formula is C22H20ClNO3S. The molecule has 2 aromatic carbocycles. The summed E-state index contributed by atoms with van der Waals surface area (Å²) >= 11 is 7.52. The number of esters is 1. The number of carbonyl (C=O) groups is 1. The Hall–Kier alpha value is -2.37. The van der Waals surface area contributed by atoms with Crippen molar-refractivity contribution in [2.75, 3.05) is 7.11 Å². The van der Waals surface area contributed by atoms with E-state index < -0.39 is 5.41 Å². The Balaban J connectivity index is 1.43. The Morgan fingerprint density at radius 3 is 2.46 bits per heavy atom. The third-order valence-electron chi connectivity index (χ3n) is 5.23. The number of ether oxygens (including phenoxy) is 2. The molecule has 0 N–H and O–H groups in total. The monoisotopic (exact) mass is 413 g/mol. The summed E-state index contributed by atoms with van der Waals surface area (Å²) in [7, 11) is 1.64. The molecule has 0 radical (unpaired) electrons. The largest absolute Gasteiger partial charge is 0.497 e. The highest BCUT2D eigenvalue weighted by Crippen LogP contribution is 2.45. The van der Waals surface area contributed by atoms with Crippen molar-refractivity contribution >= 4 is 28.9 Å². The van der Waals surface area contributed by atoms with Crippen LogP contribution in [0.15, 0.2) is 53.9 Å². The van der Waals surface area contributed by atoms with Crippen LogP contribution in [0.2, 0.25) is 5.02 Å². The third kappa shape index (κ3) is 3.64. The van der Waals surface area contributed by atoms with Crippen molar-refractivity contribution < 1.29 is 14.3 Å². The van der Waals surface area contributed by atoms with E-state index in [1.54, 1.807) is 7.11 Å². The fourth-order valence-corrected chi connectivity index (χ4v) is 4.36. The van der Waals surface area contributed by atoms with Crippen LogP contribution < -0.4 is 4.74 Å². The van der Waals surface area contributed by atoms with Crippen LogP contribution in [0, 0.1) is 0 Å². The van der Waals surface area contributed by atoms with Gasteiger partial charge in [0.15, 0.2) is 0 Å². The molecule has 0 bridgehead atoms. The highest BCUT2D eigenvalue weighted by atomic mass is 35.5. The summed E-state index contributed by atoms with van der Waals surface area (Å²) in [6.07, 6.45) is 2.64. The molecule has 1 aliphatic rings. The van der Waals surface area contributed by atoms with Gasteiger partial charge in [-0.15, -0.1) is 11.3 Å². The minimum absolute atomic E-state index is 0.180. The fraction of sp³-hybridized carbons (Fsp3) is 0.273. The van der Waals surface area contributed by atoms with Crippen molar-refractivity contribution in [3.8, 4) is 16.3 Å². The van der Waals surface area contributed by atoms with Gasteiger partial charge in [0.1, 0.15) is 17.4 Å². The molecule has 0 saturated heterocycles. The molecule has 3 aromatic rings. The molecule has 0 unspecified atom stereocenters. The Bertz CT molecular complexity index is 962. The van der Waals surface area contributed by atoms with E-state index >= 15 is 0 Å². The van der Waals surface area contributed by atoms with Crippen molar-refractivity contribution in [2.45, 2.75) is 31.3 Å². The van der Waals surface area contributed by atoms with Crippen LogP contribution in [0.4, 0.5) is 0 Å². The average molecular weight is 414 g/mol. The van der Waals surface area contributed by atoms with Crippen molar-refractivity contribution in [1.82, 2.24) is 4.98 Å². The molecule has 1 fully saturated rings. The van der Waals surface area contributed by atoms with Gasteiger partial charge in [0.25, 0.3) is 0 Å². The lowest BCUT2D eigenvalue weighted by Gasteiger charge is -2.39. The maximum absolute atomic E-state index is 12.9. The number of rotatable bonds is 6. The van der Waals surface area contributed by atoms with Crippen molar-refractivity contribution in [2.24, 2.45) is 0 Å². The molecule has 6 heteroatoms. The first kappa shape index (κ1) is 19.0. The van der Waals surface area contributed by atoms with Crippen LogP contribution in [0.3, 0.4) is 0 Å².